The summed E-state index contributed by atoms with van der Waals surface area (Å²) in [5.41, 5.74) is 2.12. The van der Waals surface area contributed by atoms with Crippen LogP contribution >= 0.6 is 0 Å². The van der Waals surface area contributed by atoms with Crippen LogP contribution in [0.3, 0.4) is 0 Å². The van der Waals surface area contributed by atoms with Crippen molar-refractivity contribution in [1.82, 2.24) is 4.31 Å². The van der Waals surface area contributed by atoms with Crippen LogP contribution in [0, 0.1) is 0 Å². The highest BCUT2D eigenvalue weighted by Crippen LogP contribution is 2.30. The Hall–Kier alpha value is -2.58. The van der Waals surface area contributed by atoms with Crippen molar-refractivity contribution in [2.45, 2.75) is 56.3 Å². The van der Waals surface area contributed by atoms with E-state index in [0.29, 0.717) is 18.8 Å². The van der Waals surface area contributed by atoms with Crippen molar-refractivity contribution in [2.24, 2.45) is 0 Å². The number of rotatable bonds is 6. The van der Waals surface area contributed by atoms with Gasteiger partial charge in [0.25, 0.3) is 5.91 Å². The van der Waals surface area contributed by atoms with Gasteiger partial charge in [0.1, 0.15) is 10.6 Å². The Morgan fingerprint density at radius 3 is 2.00 bits per heavy atom. The molecule has 2 fully saturated rings. The molecule has 0 atom stereocenters. The summed E-state index contributed by atoms with van der Waals surface area (Å²) in [5, 5.41) is 2.90. The van der Waals surface area contributed by atoms with E-state index in [1.54, 1.807) is 12.1 Å². The lowest BCUT2D eigenvalue weighted by atomic mass is 10.2. The van der Waals surface area contributed by atoms with E-state index in [0.717, 1.165) is 44.5 Å². The zero-order chi connectivity index (χ0) is 24.0. The Morgan fingerprint density at radius 2 is 1.41 bits per heavy atom. The monoisotopic (exact) mass is 485 g/mol. The van der Waals surface area contributed by atoms with E-state index in [9.17, 15) is 13.2 Å². The highest BCUT2D eigenvalue weighted by atomic mass is 32.2. The molecule has 34 heavy (non-hydrogen) atoms. The molecule has 2 aliphatic heterocycles. The lowest BCUT2D eigenvalue weighted by Crippen LogP contribution is -2.32. The van der Waals surface area contributed by atoms with Gasteiger partial charge in [0.15, 0.2) is 0 Å². The molecule has 1 N–H and O–H groups in total. The van der Waals surface area contributed by atoms with Gasteiger partial charge in [0.2, 0.25) is 10.0 Å². The fourth-order valence-electron chi connectivity index (χ4n) is 4.73. The lowest BCUT2D eigenvalue weighted by molar-refractivity contribution is 0.102. The lowest BCUT2D eigenvalue weighted by Gasteiger charge is -2.23. The second-order valence-corrected chi connectivity index (χ2v) is 11.0. The first-order valence-corrected chi connectivity index (χ1v) is 13.8. The smallest absolute Gasteiger partial charge is 0.255 e. The van der Waals surface area contributed by atoms with E-state index < -0.39 is 10.0 Å². The van der Waals surface area contributed by atoms with Crippen LogP contribution in [0.15, 0.2) is 47.4 Å². The van der Waals surface area contributed by atoms with E-state index in [-0.39, 0.29) is 22.1 Å². The largest absolute Gasteiger partial charge is 0.495 e. The molecule has 2 aromatic carbocycles. The molecule has 0 aliphatic carbocycles. The van der Waals surface area contributed by atoms with Crippen LogP contribution in [0.2, 0.25) is 0 Å². The summed E-state index contributed by atoms with van der Waals surface area (Å²) in [4.78, 5) is 15.4. The summed E-state index contributed by atoms with van der Waals surface area (Å²) < 4.78 is 33.6. The van der Waals surface area contributed by atoms with Gasteiger partial charge in [0, 0.05) is 43.1 Å². The van der Waals surface area contributed by atoms with Crippen LogP contribution in [0.5, 0.6) is 5.75 Å². The molecule has 1 amide bonds. The second kappa shape index (κ2) is 11.2. The molecule has 0 saturated carbocycles. The summed E-state index contributed by atoms with van der Waals surface area (Å²) in [6.45, 7) is 3.11. The minimum absolute atomic E-state index is 0.0426. The average molecular weight is 486 g/mol. The van der Waals surface area contributed by atoms with E-state index in [2.05, 4.69) is 10.2 Å². The first-order valence-electron chi connectivity index (χ1n) is 12.3. The van der Waals surface area contributed by atoms with Gasteiger partial charge in [-0.1, -0.05) is 25.7 Å². The van der Waals surface area contributed by atoms with Gasteiger partial charge in [-0.25, -0.2) is 8.42 Å². The standard InChI is InChI=1S/C26H35N3O4S/c1-33-24-15-10-21(20-25(24)34(31,32)29-18-8-4-5-9-19-29)26(30)27-22-11-13-23(14-12-22)28-16-6-2-3-7-17-28/h10-15,20H,2-9,16-19H2,1H3,(H,27,30). The second-order valence-electron chi connectivity index (χ2n) is 9.09. The first-order chi connectivity index (χ1) is 16.5. The predicted molar refractivity (Wildman–Crippen MR) is 135 cm³/mol. The number of ether oxygens (including phenoxy) is 1. The molecule has 7 nitrogen and oxygen atoms in total. The van der Waals surface area contributed by atoms with Crippen LogP contribution in [0.4, 0.5) is 11.4 Å². The maximum atomic E-state index is 13.4. The summed E-state index contributed by atoms with van der Waals surface area (Å²) in [6.07, 6.45) is 8.72. The van der Waals surface area contributed by atoms with E-state index in [4.69, 9.17) is 4.74 Å². The number of hydrogen-bond acceptors (Lipinski definition) is 5. The first kappa shape index (κ1) is 24.5. The van der Waals surface area contributed by atoms with Crippen molar-refractivity contribution in [3.8, 4) is 5.75 Å². The molecule has 2 heterocycles. The van der Waals surface area contributed by atoms with Gasteiger partial charge in [-0.05, 0) is 68.1 Å². The third-order valence-electron chi connectivity index (χ3n) is 6.71. The molecule has 2 saturated heterocycles. The number of nitrogens with one attached hydrogen (secondary N) is 1. The van der Waals surface area contributed by atoms with Crippen molar-refractivity contribution in [1.29, 1.82) is 0 Å². The summed E-state index contributed by atoms with van der Waals surface area (Å²) >= 11 is 0. The quantitative estimate of drug-likeness (QED) is 0.630. The summed E-state index contributed by atoms with van der Waals surface area (Å²) in [5.74, 6) is -0.0971. The van der Waals surface area contributed by atoms with Gasteiger partial charge in [-0.15, -0.1) is 0 Å². The zero-order valence-corrected chi connectivity index (χ0v) is 20.8. The predicted octanol–water partition coefficient (Wildman–Crippen LogP) is 4.89. The fraction of sp³-hybridized carbons (Fsp3) is 0.500. The number of hydrogen-bond donors (Lipinski definition) is 1. The molecule has 4 rings (SSSR count). The molecular weight excluding hydrogens is 450 g/mol. The zero-order valence-electron chi connectivity index (χ0n) is 20.0. The van der Waals surface area contributed by atoms with Crippen molar-refractivity contribution < 1.29 is 17.9 Å². The molecule has 2 aliphatic rings. The number of benzene rings is 2. The van der Waals surface area contributed by atoms with Crippen molar-refractivity contribution in [3.05, 3.63) is 48.0 Å². The number of carbonyl (C=O) groups excluding carboxylic acids is 1. The van der Waals surface area contributed by atoms with Crippen LogP contribution in [-0.2, 0) is 10.0 Å². The molecule has 0 aromatic heterocycles. The Kier molecular flexibility index (Phi) is 8.11. The van der Waals surface area contributed by atoms with Crippen LogP contribution < -0.4 is 15.0 Å². The van der Waals surface area contributed by atoms with Crippen LogP contribution in [0.1, 0.15) is 61.7 Å². The van der Waals surface area contributed by atoms with Crippen molar-refractivity contribution in [2.75, 3.05) is 43.5 Å². The molecule has 2 aromatic rings. The maximum Gasteiger partial charge on any atom is 0.255 e. The van der Waals surface area contributed by atoms with Gasteiger partial charge in [-0.3, -0.25) is 4.79 Å². The minimum Gasteiger partial charge on any atom is -0.495 e. The number of nitrogens with zero attached hydrogens (tertiary/aromatic N) is 2. The van der Waals surface area contributed by atoms with Gasteiger partial charge in [-0.2, -0.15) is 4.31 Å². The Bertz CT molecular complexity index is 1070. The molecule has 0 bridgehead atoms. The van der Waals surface area contributed by atoms with E-state index in [1.807, 2.05) is 24.3 Å². The molecular formula is C26H35N3O4S. The number of methoxy groups -OCH3 is 1. The fourth-order valence-corrected chi connectivity index (χ4v) is 6.43. The highest BCUT2D eigenvalue weighted by molar-refractivity contribution is 7.89. The Balaban J connectivity index is 1.51. The topological polar surface area (TPSA) is 79.0 Å². The van der Waals surface area contributed by atoms with Crippen molar-refractivity contribution in [3.63, 3.8) is 0 Å². The number of anilines is 2. The number of sulfonamides is 1. The van der Waals surface area contributed by atoms with Gasteiger partial charge in [0.05, 0.1) is 7.11 Å². The third-order valence-corrected chi connectivity index (χ3v) is 8.62. The van der Waals surface area contributed by atoms with E-state index >= 15 is 0 Å². The molecule has 0 spiro atoms. The minimum atomic E-state index is -3.76. The number of carbonyl (C=O) groups is 1. The molecule has 0 radical (unpaired) electrons. The van der Waals surface area contributed by atoms with Crippen LogP contribution in [0.25, 0.3) is 0 Å². The Morgan fingerprint density at radius 1 is 0.824 bits per heavy atom. The van der Waals surface area contributed by atoms with Crippen LogP contribution in [-0.4, -0.2) is 51.9 Å². The molecule has 0 unspecified atom stereocenters. The normalized spacial score (nSPS) is 18.1. The van der Waals surface area contributed by atoms with Gasteiger partial charge >= 0.3 is 0 Å². The summed E-state index contributed by atoms with van der Waals surface area (Å²) in [6, 6.07) is 12.4. The molecule has 184 valence electrons. The van der Waals surface area contributed by atoms with Crippen molar-refractivity contribution >= 4 is 27.3 Å². The SMILES string of the molecule is COc1ccc(C(=O)Nc2ccc(N3CCCCCC3)cc2)cc1S(=O)(=O)N1CCCCCC1. The Labute approximate surface area is 203 Å². The third kappa shape index (κ3) is 5.73. The van der Waals surface area contributed by atoms with E-state index in [1.165, 1.54) is 43.2 Å². The van der Waals surface area contributed by atoms with Gasteiger partial charge < -0.3 is 15.0 Å². The maximum absolute atomic E-state index is 13.4. The highest BCUT2D eigenvalue weighted by Gasteiger charge is 2.29. The number of amides is 1. The molecule has 8 heteroatoms. The summed E-state index contributed by atoms with van der Waals surface area (Å²) in [7, 11) is -2.31. The average Bonchev–Trinajstić information content (AvgIpc) is 3.30.